The fourth-order valence-electron chi connectivity index (χ4n) is 3.03. The third kappa shape index (κ3) is 3.47. The van der Waals surface area contributed by atoms with Crippen molar-refractivity contribution in [3.8, 4) is 0 Å². The second-order valence-electron chi connectivity index (χ2n) is 6.81. The molecule has 2 unspecified atom stereocenters. The second-order valence-corrected chi connectivity index (χ2v) is 6.81. The molecule has 2 heterocycles. The van der Waals surface area contributed by atoms with Crippen LogP contribution < -0.4 is 5.73 Å². The maximum atomic E-state index is 6.24. The Morgan fingerprint density at radius 2 is 1.90 bits per heavy atom. The van der Waals surface area contributed by atoms with Crippen LogP contribution >= 0.6 is 0 Å². The summed E-state index contributed by atoms with van der Waals surface area (Å²) in [6.45, 7) is 11.0. The summed E-state index contributed by atoms with van der Waals surface area (Å²) in [4.78, 5) is 6.59. The fourth-order valence-corrected chi connectivity index (χ4v) is 3.03. The van der Waals surface area contributed by atoms with Crippen LogP contribution in [0.1, 0.15) is 45.7 Å². The molecule has 0 saturated heterocycles. The van der Waals surface area contributed by atoms with Crippen molar-refractivity contribution in [1.29, 1.82) is 0 Å². The summed E-state index contributed by atoms with van der Waals surface area (Å²) >= 11 is 0. The van der Waals surface area contributed by atoms with Crippen molar-refractivity contribution in [3.63, 3.8) is 0 Å². The summed E-state index contributed by atoms with van der Waals surface area (Å²) in [6, 6.07) is 4.55. The zero-order valence-electron chi connectivity index (χ0n) is 13.1. The van der Waals surface area contributed by atoms with Crippen molar-refractivity contribution in [1.82, 2.24) is 9.88 Å². The number of aromatic nitrogens is 1. The van der Waals surface area contributed by atoms with Gasteiger partial charge in [-0.25, -0.2) is 0 Å². The zero-order chi connectivity index (χ0) is 14.8. The third-order valence-electron chi connectivity index (χ3n) is 4.14. The topological polar surface area (TPSA) is 42.1 Å². The van der Waals surface area contributed by atoms with Crippen molar-refractivity contribution in [3.05, 3.63) is 41.7 Å². The van der Waals surface area contributed by atoms with Gasteiger partial charge in [0.1, 0.15) is 0 Å². The summed E-state index contributed by atoms with van der Waals surface area (Å²) in [6.07, 6.45) is 7.23. The van der Waals surface area contributed by atoms with Crippen molar-refractivity contribution >= 4 is 0 Å². The van der Waals surface area contributed by atoms with Gasteiger partial charge >= 0.3 is 0 Å². The first kappa shape index (κ1) is 15.2. The van der Waals surface area contributed by atoms with Crippen molar-refractivity contribution < 1.29 is 0 Å². The molecule has 1 aliphatic heterocycles. The highest BCUT2D eigenvalue weighted by Gasteiger charge is 2.28. The maximum absolute atomic E-state index is 6.24. The summed E-state index contributed by atoms with van der Waals surface area (Å²) in [7, 11) is 0. The van der Waals surface area contributed by atoms with E-state index in [1.54, 1.807) is 5.57 Å². The molecule has 2 rings (SSSR count). The van der Waals surface area contributed by atoms with E-state index in [1.807, 2.05) is 12.4 Å². The van der Waals surface area contributed by atoms with Gasteiger partial charge in [-0.1, -0.05) is 32.4 Å². The van der Waals surface area contributed by atoms with E-state index in [0.29, 0.717) is 0 Å². The van der Waals surface area contributed by atoms with Gasteiger partial charge < -0.3 is 5.73 Å². The lowest BCUT2D eigenvalue weighted by atomic mass is 9.82. The van der Waals surface area contributed by atoms with Gasteiger partial charge in [-0.3, -0.25) is 9.88 Å². The molecule has 3 heteroatoms. The Morgan fingerprint density at radius 1 is 1.25 bits per heavy atom. The van der Waals surface area contributed by atoms with Crippen LogP contribution in [-0.2, 0) is 0 Å². The lowest BCUT2D eigenvalue weighted by Crippen LogP contribution is -2.42. The van der Waals surface area contributed by atoms with Crippen molar-refractivity contribution in [2.75, 3.05) is 13.1 Å². The molecule has 0 radical (unpaired) electrons. The molecule has 110 valence electrons. The lowest BCUT2D eigenvalue weighted by molar-refractivity contribution is 0.184. The summed E-state index contributed by atoms with van der Waals surface area (Å²) in [5.74, 6) is 0. The summed E-state index contributed by atoms with van der Waals surface area (Å²) in [5, 5.41) is 0. The van der Waals surface area contributed by atoms with E-state index in [9.17, 15) is 0 Å². The molecule has 0 fully saturated rings. The second kappa shape index (κ2) is 6.06. The highest BCUT2D eigenvalue weighted by Crippen LogP contribution is 2.33. The van der Waals surface area contributed by atoms with Crippen LogP contribution in [0.5, 0.6) is 0 Å². The lowest BCUT2D eigenvalue weighted by Gasteiger charge is -2.38. The molecule has 0 bridgehead atoms. The normalized spacial score (nSPS) is 20.4. The van der Waals surface area contributed by atoms with E-state index in [-0.39, 0.29) is 17.5 Å². The molecular formula is C17H27N3. The predicted octanol–water partition coefficient (Wildman–Crippen LogP) is 3.15. The molecule has 1 aromatic heterocycles. The van der Waals surface area contributed by atoms with E-state index in [2.05, 4.69) is 55.8 Å². The SMILES string of the molecule is CC(N)C(c1ccncc1)N1CC=C(C(C)(C)C)CC1. The van der Waals surface area contributed by atoms with E-state index in [0.717, 1.165) is 19.5 Å². The minimum absolute atomic E-state index is 0.113. The highest BCUT2D eigenvalue weighted by molar-refractivity contribution is 5.20. The average Bonchev–Trinajstić information content (AvgIpc) is 2.39. The molecule has 1 aliphatic rings. The van der Waals surface area contributed by atoms with Gasteiger partial charge in [-0.2, -0.15) is 0 Å². The van der Waals surface area contributed by atoms with E-state index in [4.69, 9.17) is 5.73 Å². The number of rotatable bonds is 3. The van der Waals surface area contributed by atoms with E-state index >= 15 is 0 Å². The Balaban J connectivity index is 2.16. The molecular weight excluding hydrogens is 246 g/mol. The summed E-state index contributed by atoms with van der Waals surface area (Å²) < 4.78 is 0. The molecule has 0 amide bonds. The van der Waals surface area contributed by atoms with Gasteiger partial charge in [0.2, 0.25) is 0 Å². The maximum Gasteiger partial charge on any atom is 0.0501 e. The number of pyridine rings is 1. The van der Waals surface area contributed by atoms with Gasteiger partial charge in [0.25, 0.3) is 0 Å². The minimum Gasteiger partial charge on any atom is -0.326 e. The van der Waals surface area contributed by atoms with Crippen molar-refractivity contribution in [2.45, 2.75) is 46.2 Å². The quantitative estimate of drug-likeness (QED) is 0.860. The van der Waals surface area contributed by atoms with Crippen LogP contribution in [0.15, 0.2) is 36.2 Å². The molecule has 2 atom stereocenters. The Labute approximate surface area is 122 Å². The predicted molar refractivity (Wildman–Crippen MR) is 84.4 cm³/mol. The fraction of sp³-hybridized carbons (Fsp3) is 0.588. The number of hydrogen-bond acceptors (Lipinski definition) is 3. The van der Waals surface area contributed by atoms with Gasteiger partial charge in [0.15, 0.2) is 0 Å². The first-order valence-corrected chi connectivity index (χ1v) is 7.48. The number of hydrogen-bond donors (Lipinski definition) is 1. The van der Waals surface area contributed by atoms with Gasteiger partial charge in [0, 0.05) is 31.5 Å². The molecule has 0 spiro atoms. The van der Waals surface area contributed by atoms with Crippen LogP contribution in [-0.4, -0.2) is 29.0 Å². The molecule has 2 N–H and O–H groups in total. The standard InChI is InChI=1S/C17H27N3/c1-13(18)16(14-5-9-19-10-6-14)20-11-7-15(8-12-20)17(2,3)4/h5-7,9-10,13,16H,8,11-12,18H2,1-4H3. The average molecular weight is 273 g/mol. The first-order chi connectivity index (χ1) is 9.39. The molecule has 1 aromatic rings. The third-order valence-corrected chi connectivity index (χ3v) is 4.14. The molecule has 20 heavy (non-hydrogen) atoms. The highest BCUT2D eigenvalue weighted by atomic mass is 15.2. The molecule has 0 aliphatic carbocycles. The van der Waals surface area contributed by atoms with Crippen LogP contribution in [0.4, 0.5) is 0 Å². The number of nitrogens with zero attached hydrogens (tertiary/aromatic N) is 2. The largest absolute Gasteiger partial charge is 0.326 e. The van der Waals surface area contributed by atoms with Crippen LogP contribution in [0, 0.1) is 5.41 Å². The zero-order valence-corrected chi connectivity index (χ0v) is 13.1. The first-order valence-electron chi connectivity index (χ1n) is 7.48. The van der Waals surface area contributed by atoms with Crippen LogP contribution in [0.25, 0.3) is 0 Å². The van der Waals surface area contributed by atoms with Crippen LogP contribution in [0.2, 0.25) is 0 Å². The molecule has 3 nitrogen and oxygen atoms in total. The number of nitrogens with two attached hydrogens (primary N) is 1. The van der Waals surface area contributed by atoms with Crippen LogP contribution in [0.3, 0.4) is 0 Å². The smallest absolute Gasteiger partial charge is 0.0501 e. The summed E-state index contributed by atoms with van der Waals surface area (Å²) in [5.41, 5.74) is 9.35. The Kier molecular flexibility index (Phi) is 4.61. The Bertz CT molecular complexity index is 457. The Morgan fingerprint density at radius 3 is 2.35 bits per heavy atom. The van der Waals surface area contributed by atoms with E-state index in [1.165, 1.54) is 5.56 Å². The van der Waals surface area contributed by atoms with E-state index < -0.39 is 0 Å². The molecule has 0 saturated carbocycles. The molecule has 0 aromatic carbocycles. The van der Waals surface area contributed by atoms with Gasteiger partial charge in [-0.05, 0) is 36.5 Å². The van der Waals surface area contributed by atoms with Gasteiger partial charge in [0.05, 0.1) is 6.04 Å². The Hall–Kier alpha value is -1.19. The van der Waals surface area contributed by atoms with Gasteiger partial charge in [-0.15, -0.1) is 0 Å². The van der Waals surface area contributed by atoms with Crippen molar-refractivity contribution in [2.24, 2.45) is 11.1 Å². The minimum atomic E-state index is 0.113. The monoisotopic (exact) mass is 273 g/mol.